The van der Waals surface area contributed by atoms with Gasteiger partial charge in [0.25, 0.3) is 0 Å². The number of alkyl halides is 3. The number of carbonyl (C=O) groups excluding carboxylic acids is 2. The van der Waals surface area contributed by atoms with Gasteiger partial charge >= 0.3 is 18.1 Å². The van der Waals surface area contributed by atoms with E-state index >= 15 is 0 Å². The highest BCUT2D eigenvalue weighted by Gasteiger charge is 2.33. The van der Waals surface area contributed by atoms with Gasteiger partial charge in [0, 0.05) is 11.4 Å². The molecule has 31 heavy (non-hydrogen) atoms. The summed E-state index contributed by atoms with van der Waals surface area (Å²) >= 11 is 0. The maximum Gasteiger partial charge on any atom is 0.418 e. The number of nitrogen functional groups attached to an aromatic ring is 2. The Morgan fingerprint density at radius 1 is 0.839 bits per heavy atom. The Morgan fingerprint density at radius 3 is 2.19 bits per heavy atom. The summed E-state index contributed by atoms with van der Waals surface area (Å²) in [6.45, 7) is 1.72. The van der Waals surface area contributed by atoms with Crippen LogP contribution in [0.4, 0.5) is 24.5 Å². The van der Waals surface area contributed by atoms with Crippen LogP contribution in [0.5, 0.6) is 11.5 Å². The third-order valence-corrected chi connectivity index (χ3v) is 4.28. The lowest BCUT2D eigenvalue weighted by molar-refractivity contribution is -0.136. The number of benzene rings is 3. The predicted octanol–water partition coefficient (Wildman–Crippen LogP) is 4.62. The van der Waals surface area contributed by atoms with Crippen LogP contribution in [0.25, 0.3) is 0 Å². The maximum atomic E-state index is 13.0. The number of anilines is 2. The first-order valence-electron chi connectivity index (χ1n) is 8.92. The Kier molecular flexibility index (Phi) is 5.87. The fourth-order valence-electron chi connectivity index (χ4n) is 2.73. The van der Waals surface area contributed by atoms with Crippen LogP contribution in [-0.2, 0) is 6.18 Å². The van der Waals surface area contributed by atoms with E-state index in [2.05, 4.69) is 0 Å². The summed E-state index contributed by atoms with van der Waals surface area (Å²) in [5.74, 6) is -1.48. The molecule has 0 saturated carbocycles. The topological polar surface area (TPSA) is 105 Å². The second-order valence-electron chi connectivity index (χ2n) is 6.63. The number of rotatable bonds is 4. The molecule has 0 amide bonds. The molecule has 0 fully saturated rings. The summed E-state index contributed by atoms with van der Waals surface area (Å²) in [5, 5.41) is 0. The molecule has 0 saturated heterocycles. The average molecular weight is 430 g/mol. The molecule has 3 aromatic rings. The van der Waals surface area contributed by atoms with Gasteiger partial charge in [-0.15, -0.1) is 0 Å². The van der Waals surface area contributed by atoms with Gasteiger partial charge < -0.3 is 20.9 Å². The molecule has 160 valence electrons. The lowest BCUT2D eigenvalue weighted by Crippen LogP contribution is -2.14. The standard InChI is InChI=1S/C22H17F3N2O4/c1-12-9-15(26)6-8-19(12)31-21(29)13-3-2-4-16(10-13)30-20(28)14-5-7-18(27)17(11-14)22(23,24)25/h2-11H,26-27H2,1H3. The summed E-state index contributed by atoms with van der Waals surface area (Å²) in [6.07, 6.45) is -4.72. The number of halogens is 3. The quantitative estimate of drug-likeness (QED) is 0.356. The fourth-order valence-corrected chi connectivity index (χ4v) is 2.73. The third-order valence-electron chi connectivity index (χ3n) is 4.28. The van der Waals surface area contributed by atoms with Crippen LogP contribution in [-0.4, -0.2) is 11.9 Å². The minimum Gasteiger partial charge on any atom is -0.423 e. The lowest BCUT2D eigenvalue weighted by Gasteiger charge is -2.12. The van der Waals surface area contributed by atoms with E-state index in [1.165, 1.54) is 24.3 Å². The SMILES string of the molecule is Cc1cc(N)ccc1OC(=O)c1cccc(OC(=O)c2ccc(N)c(C(F)(F)F)c2)c1. The van der Waals surface area contributed by atoms with Crippen molar-refractivity contribution in [2.24, 2.45) is 0 Å². The summed E-state index contributed by atoms with van der Waals surface area (Å²) in [7, 11) is 0. The van der Waals surface area contributed by atoms with Crippen molar-refractivity contribution in [3.05, 3.63) is 82.9 Å². The Balaban J connectivity index is 1.77. The Morgan fingerprint density at radius 2 is 1.52 bits per heavy atom. The number of aryl methyl sites for hydroxylation is 1. The highest BCUT2D eigenvalue weighted by molar-refractivity contribution is 5.94. The van der Waals surface area contributed by atoms with E-state index in [9.17, 15) is 22.8 Å². The van der Waals surface area contributed by atoms with Gasteiger partial charge in [-0.05, 0) is 67.1 Å². The molecule has 9 heteroatoms. The molecule has 0 aliphatic carbocycles. The Labute approximate surface area is 175 Å². The second-order valence-corrected chi connectivity index (χ2v) is 6.63. The third kappa shape index (κ3) is 5.13. The van der Waals surface area contributed by atoms with Crippen molar-refractivity contribution in [2.45, 2.75) is 13.1 Å². The van der Waals surface area contributed by atoms with Crippen molar-refractivity contribution in [1.29, 1.82) is 0 Å². The van der Waals surface area contributed by atoms with E-state index in [4.69, 9.17) is 20.9 Å². The minimum atomic E-state index is -4.72. The molecular formula is C22H17F3N2O4. The van der Waals surface area contributed by atoms with Crippen molar-refractivity contribution in [2.75, 3.05) is 11.5 Å². The molecule has 0 unspecified atom stereocenters. The smallest absolute Gasteiger partial charge is 0.418 e. The molecule has 0 atom stereocenters. The molecule has 0 spiro atoms. The minimum absolute atomic E-state index is 0.0427. The van der Waals surface area contributed by atoms with Crippen LogP contribution in [0.15, 0.2) is 60.7 Å². The van der Waals surface area contributed by atoms with Crippen molar-refractivity contribution in [3.8, 4) is 11.5 Å². The number of esters is 2. The zero-order chi connectivity index (χ0) is 22.8. The molecule has 0 aliphatic heterocycles. The first-order valence-corrected chi connectivity index (χ1v) is 8.92. The van der Waals surface area contributed by atoms with Gasteiger partial charge in [0.2, 0.25) is 0 Å². The van der Waals surface area contributed by atoms with Gasteiger partial charge in [-0.25, -0.2) is 9.59 Å². The largest absolute Gasteiger partial charge is 0.423 e. The molecular weight excluding hydrogens is 413 g/mol. The van der Waals surface area contributed by atoms with Gasteiger partial charge in [-0.3, -0.25) is 0 Å². The van der Waals surface area contributed by atoms with E-state index < -0.39 is 29.4 Å². The van der Waals surface area contributed by atoms with Crippen molar-refractivity contribution >= 4 is 23.3 Å². The monoisotopic (exact) mass is 430 g/mol. The summed E-state index contributed by atoms with van der Waals surface area (Å²) in [5.41, 5.74) is 10.3. The van der Waals surface area contributed by atoms with Crippen LogP contribution in [0.1, 0.15) is 31.8 Å². The molecule has 0 aliphatic rings. The fraction of sp³-hybridized carbons (Fsp3) is 0.0909. The summed E-state index contributed by atoms with van der Waals surface area (Å²) in [6, 6.07) is 13.0. The average Bonchev–Trinajstić information content (AvgIpc) is 2.69. The normalized spacial score (nSPS) is 11.1. The van der Waals surface area contributed by atoms with E-state index in [0.717, 1.165) is 12.1 Å². The number of ether oxygens (including phenoxy) is 2. The van der Waals surface area contributed by atoms with Gasteiger partial charge in [0.15, 0.2) is 0 Å². The van der Waals surface area contributed by atoms with Crippen molar-refractivity contribution < 1.29 is 32.2 Å². The molecule has 0 aromatic heterocycles. The first-order chi connectivity index (χ1) is 14.5. The maximum absolute atomic E-state index is 13.0. The van der Waals surface area contributed by atoms with E-state index in [1.54, 1.807) is 25.1 Å². The highest BCUT2D eigenvalue weighted by Crippen LogP contribution is 2.34. The van der Waals surface area contributed by atoms with Gasteiger partial charge in [-0.2, -0.15) is 13.2 Å². The molecule has 0 radical (unpaired) electrons. The van der Waals surface area contributed by atoms with Gasteiger partial charge in [0.05, 0.1) is 16.7 Å². The summed E-state index contributed by atoms with van der Waals surface area (Å²) in [4.78, 5) is 24.7. The van der Waals surface area contributed by atoms with Crippen LogP contribution >= 0.6 is 0 Å². The van der Waals surface area contributed by atoms with E-state index in [1.807, 2.05) is 0 Å². The zero-order valence-electron chi connectivity index (χ0n) is 16.2. The number of hydrogen-bond acceptors (Lipinski definition) is 6. The van der Waals surface area contributed by atoms with E-state index in [0.29, 0.717) is 23.1 Å². The van der Waals surface area contributed by atoms with E-state index in [-0.39, 0.29) is 16.9 Å². The van der Waals surface area contributed by atoms with Crippen LogP contribution in [0.3, 0.4) is 0 Å². The molecule has 4 N–H and O–H groups in total. The van der Waals surface area contributed by atoms with Crippen LogP contribution < -0.4 is 20.9 Å². The second kappa shape index (κ2) is 8.39. The summed E-state index contributed by atoms with van der Waals surface area (Å²) < 4.78 is 49.4. The predicted molar refractivity (Wildman–Crippen MR) is 108 cm³/mol. The highest BCUT2D eigenvalue weighted by atomic mass is 19.4. The molecule has 3 rings (SSSR count). The van der Waals surface area contributed by atoms with Crippen molar-refractivity contribution in [1.82, 2.24) is 0 Å². The number of hydrogen-bond donors (Lipinski definition) is 2. The van der Waals surface area contributed by atoms with Crippen LogP contribution in [0, 0.1) is 6.92 Å². The first kappa shape index (κ1) is 21.7. The zero-order valence-corrected chi connectivity index (χ0v) is 16.2. The van der Waals surface area contributed by atoms with Crippen LogP contribution in [0.2, 0.25) is 0 Å². The molecule has 6 nitrogen and oxygen atoms in total. The molecule has 3 aromatic carbocycles. The van der Waals surface area contributed by atoms with Gasteiger partial charge in [0.1, 0.15) is 11.5 Å². The molecule has 0 heterocycles. The molecule has 0 bridgehead atoms. The lowest BCUT2D eigenvalue weighted by atomic mass is 10.1. The van der Waals surface area contributed by atoms with Gasteiger partial charge in [-0.1, -0.05) is 6.07 Å². The Bertz CT molecular complexity index is 1160. The van der Waals surface area contributed by atoms with Crippen molar-refractivity contribution in [3.63, 3.8) is 0 Å². The Hall–Kier alpha value is -4.01. The number of nitrogens with two attached hydrogens (primary N) is 2. The number of carbonyl (C=O) groups is 2.